The smallest absolute Gasteiger partial charge is 0.258 e. The molecule has 1 amide bonds. The first-order valence-corrected chi connectivity index (χ1v) is 10.1. The highest BCUT2D eigenvalue weighted by atomic mass is 16.2. The van der Waals surface area contributed by atoms with Crippen LogP contribution in [0.3, 0.4) is 0 Å². The molecule has 1 aliphatic heterocycles. The zero-order valence-electron chi connectivity index (χ0n) is 17.6. The fourth-order valence-electron chi connectivity index (χ4n) is 3.41. The summed E-state index contributed by atoms with van der Waals surface area (Å²) in [5.74, 6) is 0.504. The fourth-order valence-corrected chi connectivity index (χ4v) is 3.41. The van der Waals surface area contributed by atoms with Crippen LogP contribution in [0.5, 0.6) is 0 Å². The van der Waals surface area contributed by atoms with Crippen molar-refractivity contribution in [3.05, 3.63) is 65.2 Å². The summed E-state index contributed by atoms with van der Waals surface area (Å²) in [4.78, 5) is 14.4. The normalized spacial score (nSPS) is 19.1. The molecule has 0 aliphatic carbocycles. The van der Waals surface area contributed by atoms with Gasteiger partial charge in [-0.2, -0.15) is 5.10 Å². The van der Waals surface area contributed by atoms with Crippen LogP contribution < -0.4 is 21.2 Å². The highest BCUT2D eigenvalue weighted by Gasteiger charge is 2.29. The van der Waals surface area contributed by atoms with Gasteiger partial charge in [0, 0.05) is 25.8 Å². The lowest BCUT2D eigenvalue weighted by atomic mass is 9.97. The number of hydrogen-bond acceptors (Lipinski definition) is 5. The van der Waals surface area contributed by atoms with E-state index >= 15 is 0 Å². The second kappa shape index (κ2) is 9.67. The Hall–Kier alpha value is -2.70. The van der Waals surface area contributed by atoms with Crippen LogP contribution in [0.4, 0.5) is 5.69 Å². The van der Waals surface area contributed by atoms with E-state index in [1.165, 1.54) is 11.1 Å². The van der Waals surface area contributed by atoms with E-state index < -0.39 is 0 Å². The molecule has 3 rings (SSSR count). The van der Waals surface area contributed by atoms with Crippen LogP contribution in [0.1, 0.15) is 43.0 Å². The van der Waals surface area contributed by atoms with Crippen molar-refractivity contribution >= 4 is 17.8 Å². The molecule has 0 aromatic heterocycles. The van der Waals surface area contributed by atoms with Gasteiger partial charge in [-0.3, -0.25) is 4.79 Å². The summed E-state index contributed by atoms with van der Waals surface area (Å²) in [5, 5.41) is 4.09. The molecule has 29 heavy (non-hydrogen) atoms. The number of benzene rings is 2. The lowest BCUT2D eigenvalue weighted by Crippen LogP contribution is -2.41. The number of amides is 1. The topological polar surface area (TPSA) is 68.8 Å². The molecule has 6 nitrogen and oxygen atoms in total. The van der Waals surface area contributed by atoms with E-state index in [0.29, 0.717) is 12.3 Å². The van der Waals surface area contributed by atoms with Gasteiger partial charge in [-0.1, -0.05) is 50.2 Å². The maximum atomic E-state index is 12.4. The summed E-state index contributed by atoms with van der Waals surface area (Å²) in [6.45, 7) is 4.45. The van der Waals surface area contributed by atoms with E-state index in [9.17, 15) is 4.79 Å². The average Bonchev–Trinajstić information content (AvgIpc) is 3.19. The van der Waals surface area contributed by atoms with Crippen LogP contribution in [-0.2, 0) is 11.2 Å². The molecule has 0 saturated carbocycles. The molecule has 6 heteroatoms. The van der Waals surface area contributed by atoms with Gasteiger partial charge in [0.2, 0.25) is 0 Å². The van der Waals surface area contributed by atoms with Crippen LogP contribution in [0, 0.1) is 5.92 Å². The molecule has 1 saturated heterocycles. The number of nitrogens with one attached hydrogen (secondary N) is 3. The van der Waals surface area contributed by atoms with Crippen molar-refractivity contribution in [1.29, 1.82) is 0 Å². The second-order valence-corrected chi connectivity index (χ2v) is 8.19. The monoisotopic (exact) mass is 393 g/mol. The van der Waals surface area contributed by atoms with Gasteiger partial charge in [-0.25, -0.2) is 16.3 Å². The van der Waals surface area contributed by atoms with Crippen molar-refractivity contribution in [2.45, 2.75) is 38.8 Å². The van der Waals surface area contributed by atoms with Crippen LogP contribution in [0.25, 0.3) is 0 Å². The fraction of sp³-hybridized carbons (Fsp3) is 0.391. The molecule has 1 heterocycles. The number of hydrazine groups is 1. The van der Waals surface area contributed by atoms with Gasteiger partial charge in [0.25, 0.3) is 5.91 Å². The number of anilines is 1. The molecule has 2 atom stereocenters. The maximum absolute atomic E-state index is 12.4. The highest BCUT2D eigenvalue weighted by molar-refractivity contribution is 5.85. The molecule has 0 bridgehead atoms. The van der Waals surface area contributed by atoms with Crippen molar-refractivity contribution in [3.8, 4) is 0 Å². The molecule has 1 fully saturated rings. The van der Waals surface area contributed by atoms with Gasteiger partial charge >= 0.3 is 0 Å². The van der Waals surface area contributed by atoms with Gasteiger partial charge in [0.1, 0.15) is 6.04 Å². The minimum absolute atomic E-state index is 0.112. The van der Waals surface area contributed by atoms with E-state index in [0.717, 1.165) is 17.7 Å². The summed E-state index contributed by atoms with van der Waals surface area (Å²) < 4.78 is 0. The first kappa shape index (κ1) is 21.0. The Balaban J connectivity index is 1.50. The molecule has 2 aromatic rings. The summed E-state index contributed by atoms with van der Waals surface area (Å²) in [5.41, 5.74) is 13.5. The van der Waals surface area contributed by atoms with Crippen molar-refractivity contribution in [1.82, 2.24) is 16.3 Å². The minimum Gasteiger partial charge on any atom is -0.378 e. The summed E-state index contributed by atoms with van der Waals surface area (Å²) >= 11 is 0. The predicted octanol–water partition coefficient (Wildman–Crippen LogP) is 3.01. The third-order valence-electron chi connectivity index (χ3n) is 5.04. The van der Waals surface area contributed by atoms with Crippen molar-refractivity contribution < 1.29 is 4.79 Å². The molecule has 0 radical (unpaired) electrons. The summed E-state index contributed by atoms with van der Waals surface area (Å²) in [6, 6.07) is 16.4. The van der Waals surface area contributed by atoms with Crippen molar-refractivity contribution in [3.63, 3.8) is 0 Å². The Bertz CT molecular complexity index is 827. The number of rotatable bonds is 7. The lowest BCUT2D eigenvalue weighted by molar-refractivity contribution is -0.122. The SMILES string of the molecule is CC(C)Cc1ccc(C2CC(C(=O)N/N=C/c3ccc(N(C)C)cc3)NN2)cc1. The summed E-state index contributed by atoms with van der Waals surface area (Å²) in [7, 11) is 4.00. The molecule has 154 valence electrons. The Morgan fingerprint density at radius 3 is 2.45 bits per heavy atom. The molecule has 3 N–H and O–H groups in total. The van der Waals surface area contributed by atoms with Crippen LogP contribution in [0.15, 0.2) is 53.6 Å². The first-order valence-electron chi connectivity index (χ1n) is 10.1. The molecule has 0 spiro atoms. The number of carbonyl (C=O) groups is 1. The van der Waals surface area contributed by atoms with Crippen LogP contribution in [-0.4, -0.2) is 32.3 Å². The zero-order valence-corrected chi connectivity index (χ0v) is 17.6. The Morgan fingerprint density at radius 2 is 1.83 bits per heavy atom. The Morgan fingerprint density at radius 1 is 1.14 bits per heavy atom. The van der Waals surface area contributed by atoms with Crippen LogP contribution in [0.2, 0.25) is 0 Å². The van der Waals surface area contributed by atoms with E-state index in [4.69, 9.17) is 0 Å². The minimum atomic E-state index is -0.316. The van der Waals surface area contributed by atoms with Gasteiger partial charge < -0.3 is 4.90 Å². The van der Waals surface area contributed by atoms with Crippen LogP contribution >= 0.6 is 0 Å². The third-order valence-corrected chi connectivity index (χ3v) is 5.04. The van der Waals surface area contributed by atoms with Gasteiger partial charge in [-0.15, -0.1) is 0 Å². The van der Waals surface area contributed by atoms with E-state index in [1.807, 2.05) is 43.3 Å². The molecular weight excluding hydrogens is 362 g/mol. The quantitative estimate of drug-likeness (QED) is 0.500. The second-order valence-electron chi connectivity index (χ2n) is 8.19. The standard InChI is InChI=1S/C23H31N5O/c1-16(2)13-17-5-9-19(10-6-17)21-14-22(26-25-21)23(29)27-24-15-18-7-11-20(12-8-18)28(3)4/h5-12,15-16,21-22,25-26H,13-14H2,1-4H3,(H,27,29)/b24-15+. The first-order chi connectivity index (χ1) is 13.9. The molecule has 1 aliphatic rings. The van der Waals surface area contributed by atoms with E-state index in [-0.39, 0.29) is 18.0 Å². The third kappa shape index (κ3) is 5.89. The summed E-state index contributed by atoms with van der Waals surface area (Å²) in [6.07, 6.45) is 3.42. The molecular formula is C23H31N5O. The average molecular weight is 394 g/mol. The Labute approximate surface area is 173 Å². The van der Waals surface area contributed by atoms with Gasteiger partial charge in [0.05, 0.1) is 6.21 Å². The lowest BCUT2D eigenvalue weighted by Gasteiger charge is -2.11. The van der Waals surface area contributed by atoms with Crippen molar-refractivity contribution in [2.75, 3.05) is 19.0 Å². The molecule has 2 aromatic carbocycles. The number of hydrazone groups is 1. The van der Waals surface area contributed by atoms with E-state index in [1.54, 1.807) is 6.21 Å². The van der Waals surface area contributed by atoms with Crippen molar-refractivity contribution in [2.24, 2.45) is 11.0 Å². The number of hydrogen-bond donors (Lipinski definition) is 3. The molecule has 2 unspecified atom stereocenters. The van der Waals surface area contributed by atoms with Gasteiger partial charge in [-0.05, 0) is 47.6 Å². The predicted molar refractivity (Wildman–Crippen MR) is 119 cm³/mol. The van der Waals surface area contributed by atoms with Gasteiger partial charge in [0.15, 0.2) is 0 Å². The highest BCUT2D eigenvalue weighted by Crippen LogP contribution is 2.23. The zero-order chi connectivity index (χ0) is 20.8. The van der Waals surface area contributed by atoms with E-state index in [2.05, 4.69) is 59.5 Å². The number of carbonyl (C=O) groups excluding carboxylic acids is 1. The largest absolute Gasteiger partial charge is 0.378 e. The number of nitrogens with zero attached hydrogens (tertiary/aromatic N) is 2. The Kier molecular flexibility index (Phi) is 7.01. The maximum Gasteiger partial charge on any atom is 0.258 e.